The average Bonchev–Trinajstić information content (AvgIpc) is 2.79. The molecule has 0 spiro atoms. The zero-order valence-electron chi connectivity index (χ0n) is 17.5. The topological polar surface area (TPSA) is 77.8 Å². The lowest BCUT2D eigenvalue weighted by molar-refractivity contribution is 0.0695. The molecule has 6 heteroatoms. The van der Waals surface area contributed by atoms with Gasteiger partial charge in [0.1, 0.15) is 11.6 Å². The number of carboxylic acids is 1. The number of halogens is 1. The number of hydrogen-bond donors (Lipinski definition) is 2. The molecular formula is C26H20FNO4. The van der Waals surface area contributed by atoms with Gasteiger partial charge in [0.25, 0.3) is 5.91 Å². The monoisotopic (exact) mass is 429 g/mol. The Morgan fingerprint density at radius 1 is 0.812 bits per heavy atom. The van der Waals surface area contributed by atoms with Crippen molar-refractivity contribution in [3.05, 3.63) is 89.7 Å². The van der Waals surface area contributed by atoms with E-state index in [-0.39, 0.29) is 22.8 Å². The van der Waals surface area contributed by atoms with Crippen LogP contribution in [0.1, 0.15) is 20.7 Å². The fourth-order valence-electron chi connectivity index (χ4n) is 3.71. The molecule has 0 unspecified atom stereocenters. The number of aromatic carboxylic acids is 1. The van der Waals surface area contributed by atoms with E-state index >= 15 is 0 Å². The smallest absolute Gasteiger partial charge is 0.335 e. The highest BCUT2D eigenvalue weighted by Crippen LogP contribution is 2.38. The molecule has 160 valence electrons. The van der Waals surface area contributed by atoms with Gasteiger partial charge in [0.15, 0.2) is 0 Å². The van der Waals surface area contributed by atoms with Crippen LogP contribution in [-0.4, -0.2) is 41.1 Å². The Bertz CT molecular complexity index is 1360. The second-order valence-corrected chi connectivity index (χ2v) is 7.64. The van der Waals surface area contributed by atoms with Gasteiger partial charge in [0.05, 0.1) is 11.1 Å². The minimum atomic E-state index is -1.19. The van der Waals surface area contributed by atoms with Crippen LogP contribution in [0.2, 0.25) is 0 Å². The van der Waals surface area contributed by atoms with Gasteiger partial charge in [-0.15, -0.1) is 0 Å². The number of nitrogens with zero attached hydrogens (tertiary/aromatic N) is 1. The van der Waals surface area contributed by atoms with Crippen molar-refractivity contribution < 1.29 is 24.2 Å². The minimum absolute atomic E-state index is 0.0692. The summed E-state index contributed by atoms with van der Waals surface area (Å²) in [4.78, 5) is 25.1. The first-order valence-electron chi connectivity index (χ1n) is 9.88. The van der Waals surface area contributed by atoms with Crippen molar-refractivity contribution in [3.8, 4) is 28.0 Å². The number of amides is 1. The number of phenolic OH excluding ortho intramolecular Hbond substituents is 1. The lowest BCUT2D eigenvalue weighted by Crippen LogP contribution is -2.21. The first-order chi connectivity index (χ1) is 15.3. The van der Waals surface area contributed by atoms with Crippen LogP contribution in [0.25, 0.3) is 33.0 Å². The SMILES string of the molecule is CN(C)C(=O)c1cc(-c2ccc(-c3ccc(C(=O)O)cc3F)cc2)c2ccccc2c1O. The van der Waals surface area contributed by atoms with Gasteiger partial charge in [-0.05, 0) is 40.3 Å². The molecule has 2 N–H and O–H groups in total. The zero-order valence-corrected chi connectivity index (χ0v) is 17.5. The number of aromatic hydroxyl groups is 1. The van der Waals surface area contributed by atoms with E-state index in [1.165, 1.54) is 17.0 Å². The fourth-order valence-corrected chi connectivity index (χ4v) is 3.71. The number of carbonyl (C=O) groups excluding carboxylic acids is 1. The van der Waals surface area contributed by atoms with E-state index in [1.54, 1.807) is 44.4 Å². The summed E-state index contributed by atoms with van der Waals surface area (Å²) in [6.07, 6.45) is 0. The third-order valence-corrected chi connectivity index (χ3v) is 5.38. The number of hydrogen-bond acceptors (Lipinski definition) is 3. The predicted molar refractivity (Wildman–Crippen MR) is 121 cm³/mol. The molecule has 0 aliphatic carbocycles. The molecule has 0 saturated carbocycles. The average molecular weight is 429 g/mol. The van der Waals surface area contributed by atoms with Gasteiger partial charge < -0.3 is 15.1 Å². The van der Waals surface area contributed by atoms with Crippen molar-refractivity contribution in [2.75, 3.05) is 14.1 Å². The first kappa shape index (κ1) is 21.1. The maximum Gasteiger partial charge on any atom is 0.335 e. The lowest BCUT2D eigenvalue weighted by atomic mass is 9.93. The maximum atomic E-state index is 14.5. The number of carboxylic acid groups (broad SMARTS) is 1. The van der Waals surface area contributed by atoms with E-state index in [1.807, 2.05) is 24.3 Å². The fraction of sp³-hybridized carbons (Fsp3) is 0.0769. The van der Waals surface area contributed by atoms with Gasteiger partial charge in [-0.2, -0.15) is 0 Å². The van der Waals surface area contributed by atoms with Crippen molar-refractivity contribution >= 4 is 22.6 Å². The molecule has 32 heavy (non-hydrogen) atoms. The molecule has 0 fully saturated rings. The van der Waals surface area contributed by atoms with Crippen LogP contribution in [-0.2, 0) is 0 Å². The molecule has 4 aromatic rings. The maximum absolute atomic E-state index is 14.5. The van der Waals surface area contributed by atoms with Crippen LogP contribution < -0.4 is 0 Å². The van der Waals surface area contributed by atoms with Gasteiger partial charge in [-0.1, -0.05) is 54.6 Å². The number of benzene rings is 4. The van der Waals surface area contributed by atoms with Crippen LogP contribution >= 0.6 is 0 Å². The quantitative estimate of drug-likeness (QED) is 0.454. The third-order valence-electron chi connectivity index (χ3n) is 5.38. The molecule has 0 heterocycles. The summed E-state index contributed by atoms with van der Waals surface area (Å²) < 4.78 is 14.5. The summed E-state index contributed by atoms with van der Waals surface area (Å²) in [5.74, 6) is -2.19. The standard InChI is InChI=1S/C26H20FNO4/c1-28(2)25(30)22-14-21(19-5-3-4-6-20(19)24(22)29)16-9-7-15(8-10-16)18-12-11-17(26(31)32)13-23(18)27/h3-14,29H,1-2H3,(H,31,32). The van der Waals surface area contributed by atoms with E-state index in [9.17, 15) is 19.1 Å². The van der Waals surface area contributed by atoms with Gasteiger partial charge in [-0.25, -0.2) is 9.18 Å². The van der Waals surface area contributed by atoms with Gasteiger partial charge in [-0.3, -0.25) is 4.79 Å². The molecular weight excluding hydrogens is 409 g/mol. The molecule has 0 saturated heterocycles. The number of phenols is 1. The van der Waals surface area contributed by atoms with Crippen LogP contribution in [0.5, 0.6) is 5.75 Å². The van der Waals surface area contributed by atoms with Crippen molar-refractivity contribution in [1.29, 1.82) is 0 Å². The Labute approximate surface area is 184 Å². The minimum Gasteiger partial charge on any atom is -0.506 e. The Kier molecular flexibility index (Phi) is 5.36. The molecule has 0 radical (unpaired) electrons. The summed E-state index contributed by atoms with van der Waals surface area (Å²) in [6.45, 7) is 0. The summed E-state index contributed by atoms with van der Waals surface area (Å²) in [5, 5.41) is 21.1. The molecule has 0 bridgehead atoms. The summed E-state index contributed by atoms with van der Waals surface area (Å²) in [5.41, 5.74) is 2.52. The summed E-state index contributed by atoms with van der Waals surface area (Å²) >= 11 is 0. The Hall–Kier alpha value is -4.19. The highest BCUT2D eigenvalue weighted by atomic mass is 19.1. The Balaban J connectivity index is 1.83. The summed E-state index contributed by atoms with van der Waals surface area (Å²) in [7, 11) is 3.24. The number of rotatable bonds is 4. The Morgan fingerprint density at radius 2 is 1.41 bits per heavy atom. The highest BCUT2D eigenvalue weighted by Gasteiger charge is 2.19. The zero-order chi connectivity index (χ0) is 23.0. The molecule has 5 nitrogen and oxygen atoms in total. The normalized spacial score (nSPS) is 10.8. The molecule has 0 aromatic heterocycles. The van der Waals surface area contributed by atoms with Crippen molar-refractivity contribution in [2.24, 2.45) is 0 Å². The van der Waals surface area contributed by atoms with E-state index in [0.717, 1.165) is 22.6 Å². The van der Waals surface area contributed by atoms with Crippen LogP contribution in [0.15, 0.2) is 72.8 Å². The number of fused-ring (bicyclic) bond motifs is 1. The van der Waals surface area contributed by atoms with Gasteiger partial charge in [0.2, 0.25) is 0 Å². The van der Waals surface area contributed by atoms with Crippen molar-refractivity contribution in [1.82, 2.24) is 4.90 Å². The second kappa shape index (κ2) is 8.15. The largest absolute Gasteiger partial charge is 0.506 e. The van der Waals surface area contributed by atoms with Crippen molar-refractivity contribution in [2.45, 2.75) is 0 Å². The highest BCUT2D eigenvalue weighted by molar-refractivity contribution is 6.09. The lowest BCUT2D eigenvalue weighted by Gasteiger charge is -2.16. The molecule has 4 rings (SSSR count). The molecule has 0 atom stereocenters. The number of carbonyl (C=O) groups is 2. The third kappa shape index (κ3) is 3.67. The van der Waals surface area contributed by atoms with Crippen LogP contribution in [0, 0.1) is 5.82 Å². The van der Waals surface area contributed by atoms with Crippen molar-refractivity contribution in [3.63, 3.8) is 0 Å². The first-order valence-corrected chi connectivity index (χ1v) is 9.88. The summed E-state index contributed by atoms with van der Waals surface area (Å²) in [6, 6.07) is 19.8. The van der Waals surface area contributed by atoms with E-state index in [4.69, 9.17) is 5.11 Å². The molecule has 0 aliphatic heterocycles. The predicted octanol–water partition coefficient (Wildman–Crippen LogP) is 5.42. The Morgan fingerprint density at radius 3 is 1.97 bits per heavy atom. The van der Waals surface area contributed by atoms with Crippen LogP contribution in [0.3, 0.4) is 0 Å². The van der Waals surface area contributed by atoms with Crippen LogP contribution in [0.4, 0.5) is 4.39 Å². The molecule has 0 aliphatic rings. The van der Waals surface area contributed by atoms with Gasteiger partial charge in [0, 0.05) is 25.0 Å². The van der Waals surface area contributed by atoms with E-state index < -0.39 is 11.8 Å². The van der Waals surface area contributed by atoms with E-state index in [0.29, 0.717) is 16.5 Å². The second-order valence-electron chi connectivity index (χ2n) is 7.64. The van der Waals surface area contributed by atoms with Gasteiger partial charge >= 0.3 is 5.97 Å². The molecule has 4 aromatic carbocycles. The molecule has 1 amide bonds. The van der Waals surface area contributed by atoms with E-state index in [2.05, 4.69) is 0 Å².